The second-order valence-electron chi connectivity index (χ2n) is 7.84. The lowest BCUT2D eigenvalue weighted by Crippen LogP contribution is -2.38. The first-order chi connectivity index (χ1) is 13.6. The number of nitrogens with one attached hydrogen (secondary N) is 1. The maximum atomic E-state index is 12.9. The van der Waals surface area contributed by atoms with Gasteiger partial charge in [0.1, 0.15) is 0 Å². The Morgan fingerprint density at radius 3 is 2.79 bits per heavy atom. The van der Waals surface area contributed by atoms with Gasteiger partial charge in [-0.15, -0.1) is 11.3 Å². The number of benzene rings is 1. The van der Waals surface area contributed by atoms with E-state index in [9.17, 15) is 4.79 Å². The molecule has 1 amide bonds. The summed E-state index contributed by atoms with van der Waals surface area (Å²) < 4.78 is 0. The largest absolute Gasteiger partial charge is 0.352 e. The summed E-state index contributed by atoms with van der Waals surface area (Å²) in [4.78, 5) is 21.4. The van der Waals surface area contributed by atoms with E-state index in [1.165, 1.54) is 4.88 Å². The minimum Gasteiger partial charge on any atom is -0.352 e. The van der Waals surface area contributed by atoms with Crippen LogP contribution in [0.5, 0.6) is 0 Å². The molecule has 1 N–H and O–H groups in total. The molecule has 0 bridgehead atoms. The van der Waals surface area contributed by atoms with Crippen LogP contribution in [-0.2, 0) is 6.54 Å². The van der Waals surface area contributed by atoms with Crippen molar-refractivity contribution >= 4 is 28.1 Å². The van der Waals surface area contributed by atoms with Gasteiger partial charge in [-0.05, 0) is 75.3 Å². The van der Waals surface area contributed by atoms with Crippen molar-refractivity contribution in [3.05, 3.63) is 63.5 Å². The number of hydrogen-bond acceptors (Lipinski definition) is 4. The minimum atomic E-state index is 0.0158. The summed E-state index contributed by atoms with van der Waals surface area (Å²) in [6.07, 6.45) is 2.28. The highest BCUT2D eigenvalue weighted by Crippen LogP contribution is 2.22. The molecule has 4 rings (SSSR count). The summed E-state index contributed by atoms with van der Waals surface area (Å²) >= 11 is 1.83. The molecule has 0 atom stereocenters. The highest BCUT2D eigenvalue weighted by atomic mass is 32.1. The van der Waals surface area contributed by atoms with E-state index in [4.69, 9.17) is 0 Å². The van der Waals surface area contributed by atoms with Gasteiger partial charge in [-0.25, -0.2) is 0 Å². The van der Waals surface area contributed by atoms with E-state index in [1.807, 2.05) is 43.4 Å². The Balaban J connectivity index is 1.35. The number of carbonyl (C=O) groups is 1. The molecule has 1 fully saturated rings. The highest BCUT2D eigenvalue weighted by molar-refractivity contribution is 7.09. The number of thiophene rings is 1. The van der Waals surface area contributed by atoms with Gasteiger partial charge in [-0.1, -0.05) is 17.7 Å². The number of nitrogens with zero attached hydrogens (tertiary/aromatic N) is 2. The van der Waals surface area contributed by atoms with E-state index < -0.39 is 0 Å². The van der Waals surface area contributed by atoms with Crippen molar-refractivity contribution in [3.8, 4) is 0 Å². The van der Waals surface area contributed by atoms with E-state index in [2.05, 4.69) is 38.8 Å². The molecule has 0 saturated carbocycles. The zero-order chi connectivity index (χ0) is 19.5. The number of amides is 1. The van der Waals surface area contributed by atoms with Crippen molar-refractivity contribution in [3.63, 3.8) is 0 Å². The molecular formula is C23H27N3OS. The van der Waals surface area contributed by atoms with Crippen LogP contribution in [0.2, 0.25) is 0 Å². The van der Waals surface area contributed by atoms with Crippen LogP contribution >= 0.6 is 11.3 Å². The van der Waals surface area contributed by atoms with Crippen LogP contribution in [0.25, 0.3) is 10.9 Å². The van der Waals surface area contributed by atoms with Crippen LogP contribution in [-0.4, -0.2) is 35.4 Å². The SMILES string of the molecule is Cc1ccc2nc(C)cc(C(=O)NCC3CCN(Cc4cccs4)CC3)c2c1. The zero-order valence-electron chi connectivity index (χ0n) is 16.6. The fraction of sp³-hybridized carbons (Fsp3) is 0.391. The maximum Gasteiger partial charge on any atom is 0.252 e. The molecule has 0 spiro atoms. The molecule has 5 heteroatoms. The lowest BCUT2D eigenvalue weighted by molar-refractivity contribution is 0.0937. The quantitative estimate of drug-likeness (QED) is 0.691. The molecule has 0 radical (unpaired) electrons. The Hall–Kier alpha value is -2.24. The Kier molecular flexibility index (Phi) is 5.74. The first-order valence-corrected chi connectivity index (χ1v) is 10.9. The molecule has 146 valence electrons. The smallest absolute Gasteiger partial charge is 0.252 e. The Morgan fingerprint density at radius 1 is 1.21 bits per heavy atom. The number of hydrogen-bond donors (Lipinski definition) is 1. The predicted molar refractivity (Wildman–Crippen MR) is 116 cm³/mol. The van der Waals surface area contributed by atoms with Gasteiger partial charge >= 0.3 is 0 Å². The van der Waals surface area contributed by atoms with Crippen LogP contribution < -0.4 is 5.32 Å². The number of aromatic nitrogens is 1. The fourth-order valence-corrected chi connectivity index (χ4v) is 4.71. The van der Waals surface area contributed by atoms with Crippen LogP contribution in [0.4, 0.5) is 0 Å². The third kappa shape index (κ3) is 4.42. The third-order valence-electron chi connectivity index (χ3n) is 5.55. The lowest BCUT2D eigenvalue weighted by Gasteiger charge is -2.31. The Labute approximate surface area is 170 Å². The fourth-order valence-electron chi connectivity index (χ4n) is 3.96. The van der Waals surface area contributed by atoms with Gasteiger partial charge in [0.05, 0.1) is 11.1 Å². The average molecular weight is 394 g/mol. The van der Waals surface area contributed by atoms with Gasteiger partial charge in [-0.3, -0.25) is 14.7 Å². The topological polar surface area (TPSA) is 45.2 Å². The molecule has 1 aromatic carbocycles. The standard InChI is InChI=1S/C23H27N3OS/c1-16-5-6-22-20(12-16)21(13-17(2)25-22)23(27)24-14-18-7-9-26(10-8-18)15-19-4-3-11-28-19/h3-6,11-13,18H,7-10,14-15H2,1-2H3,(H,24,27). The number of likely N-dealkylation sites (tertiary alicyclic amines) is 1. The van der Waals surface area contributed by atoms with Crippen LogP contribution in [0.15, 0.2) is 41.8 Å². The summed E-state index contributed by atoms with van der Waals surface area (Å²) in [5.41, 5.74) is 3.65. The van der Waals surface area contributed by atoms with E-state index in [0.717, 1.165) is 66.7 Å². The summed E-state index contributed by atoms with van der Waals surface area (Å²) in [7, 11) is 0. The van der Waals surface area contributed by atoms with Crippen molar-refractivity contribution in [2.24, 2.45) is 5.92 Å². The average Bonchev–Trinajstić information content (AvgIpc) is 3.20. The lowest BCUT2D eigenvalue weighted by atomic mass is 9.96. The van der Waals surface area contributed by atoms with Crippen molar-refractivity contribution in [1.82, 2.24) is 15.2 Å². The molecule has 0 unspecified atom stereocenters. The van der Waals surface area contributed by atoms with Gasteiger partial charge in [0, 0.05) is 29.0 Å². The summed E-state index contributed by atoms with van der Waals surface area (Å²) in [5, 5.41) is 6.27. The summed E-state index contributed by atoms with van der Waals surface area (Å²) in [6, 6.07) is 12.3. The summed E-state index contributed by atoms with van der Waals surface area (Å²) in [5.74, 6) is 0.571. The number of piperidine rings is 1. The van der Waals surface area contributed by atoms with Crippen molar-refractivity contribution in [1.29, 1.82) is 0 Å². The Bertz CT molecular complexity index is 959. The maximum absolute atomic E-state index is 12.9. The molecule has 3 aromatic rings. The second-order valence-corrected chi connectivity index (χ2v) is 8.87. The van der Waals surface area contributed by atoms with Gasteiger partial charge in [0.2, 0.25) is 0 Å². The van der Waals surface area contributed by atoms with Gasteiger partial charge in [-0.2, -0.15) is 0 Å². The van der Waals surface area contributed by atoms with Crippen molar-refractivity contribution < 1.29 is 4.79 Å². The monoisotopic (exact) mass is 393 g/mol. The van der Waals surface area contributed by atoms with Gasteiger partial charge in [0.15, 0.2) is 0 Å². The zero-order valence-corrected chi connectivity index (χ0v) is 17.4. The van der Waals surface area contributed by atoms with Crippen LogP contribution in [0.3, 0.4) is 0 Å². The van der Waals surface area contributed by atoms with Gasteiger partial charge in [0.25, 0.3) is 5.91 Å². The second kappa shape index (κ2) is 8.41. The summed E-state index contributed by atoms with van der Waals surface area (Å²) in [6.45, 7) is 8.01. The van der Waals surface area contributed by atoms with E-state index in [-0.39, 0.29) is 5.91 Å². The number of carbonyl (C=O) groups excluding carboxylic acids is 1. The molecule has 1 saturated heterocycles. The molecule has 4 nitrogen and oxygen atoms in total. The molecule has 1 aliphatic rings. The molecule has 2 aromatic heterocycles. The molecule has 28 heavy (non-hydrogen) atoms. The number of rotatable bonds is 5. The molecular weight excluding hydrogens is 366 g/mol. The Morgan fingerprint density at radius 2 is 2.04 bits per heavy atom. The number of aryl methyl sites for hydroxylation is 2. The van der Waals surface area contributed by atoms with Crippen molar-refractivity contribution in [2.45, 2.75) is 33.2 Å². The third-order valence-corrected chi connectivity index (χ3v) is 6.42. The van der Waals surface area contributed by atoms with Crippen molar-refractivity contribution in [2.75, 3.05) is 19.6 Å². The predicted octanol–water partition coefficient (Wildman–Crippen LogP) is 4.56. The van der Waals surface area contributed by atoms with Gasteiger partial charge < -0.3 is 5.32 Å². The number of fused-ring (bicyclic) bond motifs is 1. The highest BCUT2D eigenvalue weighted by Gasteiger charge is 2.21. The first-order valence-electron chi connectivity index (χ1n) is 9.99. The molecule has 0 aliphatic carbocycles. The molecule has 3 heterocycles. The van der Waals surface area contributed by atoms with E-state index in [0.29, 0.717) is 5.92 Å². The van der Waals surface area contributed by atoms with Crippen LogP contribution in [0.1, 0.15) is 39.3 Å². The first kappa shape index (κ1) is 19.1. The molecule has 1 aliphatic heterocycles. The normalized spacial score (nSPS) is 15.8. The minimum absolute atomic E-state index is 0.0158. The van der Waals surface area contributed by atoms with E-state index >= 15 is 0 Å². The number of pyridine rings is 1. The van der Waals surface area contributed by atoms with E-state index in [1.54, 1.807) is 0 Å². The van der Waals surface area contributed by atoms with Crippen LogP contribution in [0, 0.1) is 19.8 Å².